The van der Waals surface area contributed by atoms with E-state index in [4.69, 9.17) is 10.00 Å². The standard InChI is InChI=1S/C25H24FN3O2S/c1-25(2,3)31-24(30)29-21-9-5-6-17-18(21)7-4-8-19(17)22-14-28-23(32-22)15-10-11-20(26)16(12-15)13-27/h4,7-8,10-12,14,21H,5-6,9H2,1-3H3,(H,29,30)/t21-/m0/s1. The van der Waals surface area contributed by atoms with Gasteiger partial charge in [0.05, 0.1) is 16.5 Å². The number of carbonyl (C=O) groups excluding carboxylic acids is 1. The number of ether oxygens (including phenoxy) is 1. The number of rotatable bonds is 3. The van der Waals surface area contributed by atoms with Crippen molar-refractivity contribution in [3.8, 4) is 27.1 Å². The molecule has 0 spiro atoms. The molecule has 1 atom stereocenters. The third kappa shape index (κ3) is 4.66. The minimum atomic E-state index is -0.547. The molecule has 4 rings (SSSR count). The highest BCUT2D eigenvalue weighted by molar-refractivity contribution is 7.18. The summed E-state index contributed by atoms with van der Waals surface area (Å²) in [5, 5.41) is 12.9. The summed E-state index contributed by atoms with van der Waals surface area (Å²) in [6, 6.07) is 12.4. The van der Waals surface area contributed by atoms with Gasteiger partial charge < -0.3 is 10.1 Å². The van der Waals surface area contributed by atoms with E-state index >= 15 is 0 Å². The first-order valence-corrected chi connectivity index (χ1v) is 11.3. The summed E-state index contributed by atoms with van der Waals surface area (Å²) >= 11 is 1.50. The molecule has 0 aliphatic heterocycles. The number of amides is 1. The van der Waals surface area contributed by atoms with E-state index in [0.29, 0.717) is 5.56 Å². The molecule has 0 unspecified atom stereocenters. The third-order valence-corrected chi connectivity index (χ3v) is 6.38. The van der Waals surface area contributed by atoms with Crippen molar-refractivity contribution in [3.05, 3.63) is 65.1 Å². The van der Waals surface area contributed by atoms with Gasteiger partial charge in [-0.2, -0.15) is 5.26 Å². The van der Waals surface area contributed by atoms with Crippen LogP contribution in [0, 0.1) is 17.1 Å². The smallest absolute Gasteiger partial charge is 0.408 e. The van der Waals surface area contributed by atoms with Crippen molar-refractivity contribution in [2.24, 2.45) is 0 Å². The minimum Gasteiger partial charge on any atom is -0.444 e. The fourth-order valence-electron chi connectivity index (χ4n) is 3.96. The summed E-state index contributed by atoms with van der Waals surface area (Å²) in [5.74, 6) is -0.534. The average Bonchev–Trinajstić information content (AvgIpc) is 3.22. The molecule has 32 heavy (non-hydrogen) atoms. The van der Waals surface area contributed by atoms with E-state index in [0.717, 1.165) is 40.3 Å². The van der Waals surface area contributed by atoms with Crippen molar-refractivity contribution in [2.45, 2.75) is 51.7 Å². The molecule has 164 valence electrons. The van der Waals surface area contributed by atoms with Crippen LogP contribution in [0.1, 0.15) is 56.3 Å². The van der Waals surface area contributed by atoms with Gasteiger partial charge in [0.25, 0.3) is 0 Å². The summed E-state index contributed by atoms with van der Waals surface area (Å²) in [5.41, 5.74) is 3.56. The first kappa shape index (κ1) is 22.0. The normalized spacial score (nSPS) is 15.5. The fourth-order valence-corrected chi connectivity index (χ4v) is 4.92. The number of alkyl carbamates (subject to hydrolysis) is 1. The van der Waals surface area contributed by atoms with Gasteiger partial charge in [-0.25, -0.2) is 14.2 Å². The number of fused-ring (bicyclic) bond motifs is 1. The number of carbonyl (C=O) groups is 1. The zero-order valence-electron chi connectivity index (χ0n) is 18.2. The lowest BCUT2D eigenvalue weighted by Crippen LogP contribution is -2.36. The highest BCUT2D eigenvalue weighted by Gasteiger charge is 2.26. The monoisotopic (exact) mass is 449 g/mol. The van der Waals surface area contributed by atoms with Gasteiger partial charge in [-0.1, -0.05) is 18.2 Å². The highest BCUT2D eigenvalue weighted by atomic mass is 32.1. The van der Waals surface area contributed by atoms with Crippen LogP contribution in [0.3, 0.4) is 0 Å². The molecule has 0 fully saturated rings. The van der Waals surface area contributed by atoms with Gasteiger partial charge in [0.15, 0.2) is 0 Å². The van der Waals surface area contributed by atoms with E-state index < -0.39 is 17.5 Å². The van der Waals surface area contributed by atoms with Gasteiger partial charge in [-0.3, -0.25) is 0 Å². The van der Waals surface area contributed by atoms with Crippen molar-refractivity contribution in [1.29, 1.82) is 5.26 Å². The molecule has 1 aliphatic carbocycles. The zero-order chi connectivity index (χ0) is 22.9. The van der Waals surface area contributed by atoms with Crippen LogP contribution in [-0.4, -0.2) is 16.7 Å². The van der Waals surface area contributed by atoms with E-state index in [1.54, 1.807) is 6.07 Å². The number of nitrogens with one attached hydrogen (secondary N) is 1. The second-order valence-corrected chi connectivity index (χ2v) is 9.83. The van der Waals surface area contributed by atoms with E-state index in [2.05, 4.69) is 22.4 Å². The molecule has 1 N–H and O–H groups in total. The van der Waals surface area contributed by atoms with Crippen molar-refractivity contribution in [2.75, 3.05) is 0 Å². The lowest BCUT2D eigenvalue weighted by Gasteiger charge is -2.29. The average molecular weight is 450 g/mol. The zero-order valence-corrected chi connectivity index (χ0v) is 19.1. The van der Waals surface area contributed by atoms with Gasteiger partial charge in [-0.05, 0) is 74.9 Å². The second-order valence-electron chi connectivity index (χ2n) is 8.80. The molecule has 0 saturated carbocycles. The summed E-state index contributed by atoms with van der Waals surface area (Å²) in [6.07, 6.45) is 4.14. The van der Waals surface area contributed by atoms with Crippen molar-refractivity contribution in [1.82, 2.24) is 10.3 Å². The van der Waals surface area contributed by atoms with Crippen LogP contribution in [0.5, 0.6) is 0 Å². The summed E-state index contributed by atoms with van der Waals surface area (Å²) in [6.45, 7) is 5.55. The molecule has 0 radical (unpaired) electrons. The topological polar surface area (TPSA) is 75.0 Å². The lowest BCUT2D eigenvalue weighted by atomic mass is 9.84. The predicted octanol–water partition coefficient (Wildman–Crippen LogP) is 6.39. The maximum absolute atomic E-state index is 13.7. The van der Waals surface area contributed by atoms with Gasteiger partial charge >= 0.3 is 6.09 Å². The number of nitrogens with zero attached hydrogens (tertiary/aromatic N) is 2. The van der Waals surface area contributed by atoms with Gasteiger partial charge in [0.2, 0.25) is 0 Å². The predicted molar refractivity (Wildman–Crippen MR) is 123 cm³/mol. The molecule has 7 heteroatoms. The quantitative estimate of drug-likeness (QED) is 0.503. The number of nitriles is 1. The maximum Gasteiger partial charge on any atom is 0.408 e. The molecule has 3 aromatic rings. The van der Waals surface area contributed by atoms with E-state index in [1.165, 1.54) is 29.0 Å². The van der Waals surface area contributed by atoms with Crippen LogP contribution < -0.4 is 5.32 Å². The molecule has 1 amide bonds. The molecule has 0 saturated heterocycles. The number of hydrogen-bond acceptors (Lipinski definition) is 5. The summed E-state index contributed by atoms with van der Waals surface area (Å²) in [7, 11) is 0. The van der Waals surface area contributed by atoms with Crippen molar-refractivity contribution >= 4 is 17.4 Å². The summed E-state index contributed by atoms with van der Waals surface area (Å²) < 4.78 is 19.1. The molecule has 0 bridgehead atoms. The fraction of sp³-hybridized carbons (Fsp3) is 0.320. The minimum absolute atomic E-state index is 0.00685. The Morgan fingerprint density at radius 3 is 2.88 bits per heavy atom. The Morgan fingerprint density at radius 2 is 2.12 bits per heavy atom. The summed E-state index contributed by atoms with van der Waals surface area (Å²) in [4.78, 5) is 17.9. The Morgan fingerprint density at radius 1 is 1.31 bits per heavy atom. The highest BCUT2D eigenvalue weighted by Crippen LogP contribution is 2.40. The number of aromatic nitrogens is 1. The van der Waals surface area contributed by atoms with Gasteiger partial charge in [0.1, 0.15) is 22.5 Å². The van der Waals surface area contributed by atoms with E-state index in [1.807, 2.05) is 39.1 Å². The molecule has 1 aliphatic rings. The third-order valence-electron chi connectivity index (χ3n) is 5.30. The Balaban J connectivity index is 1.63. The van der Waals surface area contributed by atoms with Crippen LogP contribution in [0.4, 0.5) is 9.18 Å². The Bertz CT molecular complexity index is 1210. The second kappa shape index (κ2) is 8.71. The number of thiazole rings is 1. The van der Waals surface area contributed by atoms with Crippen molar-refractivity contribution in [3.63, 3.8) is 0 Å². The van der Waals surface area contributed by atoms with Crippen molar-refractivity contribution < 1.29 is 13.9 Å². The molecular formula is C25H24FN3O2S. The SMILES string of the molecule is CC(C)(C)OC(=O)N[C@H]1CCCc2c(-c3cnc(-c4ccc(F)c(C#N)c4)s3)cccc21. The van der Waals surface area contributed by atoms with Crippen LogP contribution in [-0.2, 0) is 11.2 Å². The molecule has 5 nitrogen and oxygen atoms in total. The van der Waals surface area contributed by atoms with Crippen LogP contribution in [0.25, 0.3) is 21.0 Å². The molecule has 1 aromatic heterocycles. The first-order chi connectivity index (χ1) is 15.2. The Hall–Kier alpha value is -3.24. The Kier molecular flexibility index (Phi) is 5.98. The Labute approximate surface area is 190 Å². The number of benzene rings is 2. The lowest BCUT2D eigenvalue weighted by molar-refractivity contribution is 0.0498. The molecular weight excluding hydrogens is 425 g/mol. The van der Waals surface area contributed by atoms with E-state index in [-0.39, 0.29) is 11.6 Å². The van der Waals surface area contributed by atoms with Crippen LogP contribution in [0.2, 0.25) is 0 Å². The molecule has 2 aromatic carbocycles. The largest absolute Gasteiger partial charge is 0.444 e. The van der Waals surface area contributed by atoms with Gasteiger partial charge in [0, 0.05) is 11.8 Å². The van der Waals surface area contributed by atoms with E-state index in [9.17, 15) is 9.18 Å². The van der Waals surface area contributed by atoms with Crippen LogP contribution >= 0.6 is 11.3 Å². The molecule has 1 heterocycles. The van der Waals surface area contributed by atoms with Gasteiger partial charge in [-0.15, -0.1) is 11.3 Å². The maximum atomic E-state index is 13.7. The van der Waals surface area contributed by atoms with Crippen LogP contribution in [0.15, 0.2) is 42.6 Å². The number of hydrogen-bond donors (Lipinski definition) is 1. The first-order valence-electron chi connectivity index (χ1n) is 10.5. The number of halogens is 1.